The number of rotatable bonds is 1. The van der Waals surface area contributed by atoms with E-state index >= 15 is 0 Å². The summed E-state index contributed by atoms with van der Waals surface area (Å²) in [5.74, 6) is -7.99. The molecular formula is C13H16F4O. The van der Waals surface area contributed by atoms with E-state index in [4.69, 9.17) is 4.74 Å². The van der Waals surface area contributed by atoms with E-state index in [-0.39, 0.29) is 5.92 Å². The van der Waals surface area contributed by atoms with Crippen LogP contribution < -0.4 is 0 Å². The van der Waals surface area contributed by atoms with Crippen LogP contribution in [-0.2, 0) is 4.74 Å². The van der Waals surface area contributed by atoms with Crippen LogP contribution in [0, 0.1) is 5.92 Å². The maximum atomic E-state index is 13.8. The molecule has 0 radical (unpaired) electrons. The second kappa shape index (κ2) is 4.37. The van der Waals surface area contributed by atoms with Crippen molar-refractivity contribution >= 4 is 0 Å². The van der Waals surface area contributed by atoms with Gasteiger partial charge in [0.05, 0.1) is 6.10 Å². The first-order valence-electron chi connectivity index (χ1n) is 6.03. The minimum Gasteiger partial charge on any atom is -0.373 e. The summed E-state index contributed by atoms with van der Waals surface area (Å²) in [5.41, 5.74) is -1.20. The maximum absolute atomic E-state index is 13.8. The van der Waals surface area contributed by atoms with Crippen molar-refractivity contribution in [2.45, 2.75) is 44.6 Å². The quantitative estimate of drug-likeness (QED) is 0.651. The van der Waals surface area contributed by atoms with E-state index in [0.29, 0.717) is 19.4 Å². The number of alkyl halides is 4. The number of allylic oxidation sites excluding steroid dienone is 3. The normalized spacial score (nSPS) is 34.8. The molecule has 1 aliphatic heterocycles. The predicted octanol–water partition coefficient (Wildman–Crippen LogP) is 3.96. The lowest BCUT2D eigenvalue weighted by Crippen LogP contribution is -2.48. The highest BCUT2D eigenvalue weighted by molar-refractivity contribution is 5.38. The molecule has 1 saturated heterocycles. The average Bonchev–Trinajstić information content (AvgIpc) is 2.29. The lowest BCUT2D eigenvalue weighted by molar-refractivity contribution is -0.175. The van der Waals surface area contributed by atoms with Gasteiger partial charge in [-0.3, -0.25) is 0 Å². The highest BCUT2D eigenvalue weighted by atomic mass is 19.3. The summed E-state index contributed by atoms with van der Waals surface area (Å²) in [6, 6.07) is 0. The Bertz CT molecular complexity index is 390. The number of hydrogen-bond acceptors (Lipinski definition) is 1. The molecule has 0 aromatic rings. The SMILES string of the molecule is CC1=CC=C(C2CCC(C)CO2)C(F)(F)C1(F)F. The van der Waals surface area contributed by atoms with Crippen molar-refractivity contribution in [1.82, 2.24) is 0 Å². The zero-order valence-corrected chi connectivity index (χ0v) is 10.4. The van der Waals surface area contributed by atoms with Crippen LogP contribution in [0.4, 0.5) is 17.6 Å². The monoisotopic (exact) mass is 264 g/mol. The first kappa shape index (κ1) is 13.6. The van der Waals surface area contributed by atoms with Crippen LogP contribution in [0.2, 0.25) is 0 Å². The maximum Gasteiger partial charge on any atom is 0.338 e. The molecule has 1 fully saturated rings. The standard InChI is InChI=1S/C13H16F4O/c1-8-3-6-11(18-7-8)10-5-4-9(2)12(14,15)13(10,16)17/h4-5,8,11H,3,6-7H2,1-2H3. The zero-order valence-electron chi connectivity index (χ0n) is 10.4. The molecule has 1 heterocycles. The molecule has 1 aliphatic carbocycles. The Hall–Kier alpha value is -0.840. The van der Waals surface area contributed by atoms with Crippen molar-refractivity contribution in [2.24, 2.45) is 5.92 Å². The number of hydrogen-bond donors (Lipinski definition) is 0. The Kier molecular flexibility index (Phi) is 3.30. The molecule has 0 saturated carbocycles. The highest BCUT2D eigenvalue weighted by Crippen LogP contribution is 2.49. The van der Waals surface area contributed by atoms with E-state index in [1.54, 1.807) is 0 Å². The van der Waals surface area contributed by atoms with Gasteiger partial charge in [-0.15, -0.1) is 0 Å². The van der Waals surface area contributed by atoms with Gasteiger partial charge in [-0.2, -0.15) is 17.6 Å². The smallest absolute Gasteiger partial charge is 0.338 e. The van der Waals surface area contributed by atoms with Crippen molar-refractivity contribution in [3.63, 3.8) is 0 Å². The molecule has 0 aromatic carbocycles. The van der Waals surface area contributed by atoms with Gasteiger partial charge in [0, 0.05) is 17.8 Å². The van der Waals surface area contributed by atoms with E-state index < -0.39 is 29.1 Å². The molecule has 18 heavy (non-hydrogen) atoms. The summed E-state index contributed by atoms with van der Waals surface area (Å²) < 4.78 is 60.0. The lowest BCUT2D eigenvalue weighted by Gasteiger charge is -2.37. The first-order valence-corrected chi connectivity index (χ1v) is 6.03. The molecule has 0 bridgehead atoms. The fourth-order valence-electron chi connectivity index (χ4n) is 2.29. The Morgan fingerprint density at radius 3 is 2.33 bits per heavy atom. The van der Waals surface area contributed by atoms with Crippen LogP contribution in [0.5, 0.6) is 0 Å². The Morgan fingerprint density at radius 2 is 1.78 bits per heavy atom. The summed E-state index contributed by atoms with van der Waals surface area (Å²) in [6.45, 7) is 3.31. The predicted molar refractivity (Wildman–Crippen MR) is 59.9 cm³/mol. The highest BCUT2D eigenvalue weighted by Gasteiger charge is 2.62. The van der Waals surface area contributed by atoms with Gasteiger partial charge in [-0.25, -0.2) is 0 Å². The van der Waals surface area contributed by atoms with Gasteiger partial charge in [0.1, 0.15) is 0 Å². The second-order valence-corrected chi connectivity index (χ2v) is 5.12. The summed E-state index contributed by atoms with van der Waals surface area (Å²) >= 11 is 0. The molecule has 2 unspecified atom stereocenters. The molecule has 0 spiro atoms. The Balaban J connectivity index is 2.28. The first-order chi connectivity index (χ1) is 8.26. The summed E-state index contributed by atoms with van der Waals surface area (Å²) in [6.07, 6.45) is 2.34. The van der Waals surface area contributed by atoms with Gasteiger partial charge >= 0.3 is 11.8 Å². The molecule has 1 nitrogen and oxygen atoms in total. The van der Waals surface area contributed by atoms with Crippen molar-refractivity contribution in [2.75, 3.05) is 6.61 Å². The third-order valence-corrected chi connectivity index (χ3v) is 3.62. The molecule has 2 rings (SSSR count). The number of ether oxygens (including phenoxy) is 1. The van der Waals surface area contributed by atoms with Crippen molar-refractivity contribution in [1.29, 1.82) is 0 Å². The van der Waals surface area contributed by atoms with Crippen LogP contribution in [0.15, 0.2) is 23.3 Å². The number of halogens is 4. The van der Waals surface area contributed by atoms with Crippen LogP contribution in [0.1, 0.15) is 26.7 Å². The van der Waals surface area contributed by atoms with Crippen molar-refractivity contribution in [3.8, 4) is 0 Å². The van der Waals surface area contributed by atoms with E-state index in [9.17, 15) is 17.6 Å². The van der Waals surface area contributed by atoms with Gasteiger partial charge in [-0.05, 0) is 25.7 Å². The van der Waals surface area contributed by atoms with Crippen LogP contribution in [0.25, 0.3) is 0 Å². The lowest BCUT2D eigenvalue weighted by atomic mass is 9.85. The van der Waals surface area contributed by atoms with Gasteiger partial charge in [0.2, 0.25) is 0 Å². The van der Waals surface area contributed by atoms with E-state index in [1.807, 2.05) is 6.92 Å². The molecular weight excluding hydrogens is 248 g/mol. The fourth-order valence-corrected chi connectivity index (χ4v) is 2.29. The average molecular weight is 264 g/mol. The third-order valence-electron chi connectivity index (χ3n) is 3.62. The van der Waals surface area contributed by atoms with Crippen LogP contribution in [0.3, 0.4) is 0 Å². The molecule has 102 valence electrons. The minimum atomic E-state index is -4.16. The second-order valence-electron chi connectivity index (χ2n) is 5.12. The van der Waals surface area contributed by atoms with Gasteiger partial charge < -0.3 is 4.74 Å². The Labute approximate surface area is 104 Å². The molecule has 0 N–H and O–H groups in total. The Morgan fingerprint density at radius 1 is 1.11 bits per heavy atom. The zero-order chi connectivity index (χ0) is 13.6. The molecule has 0 amide bonds. The van der Waals surface area contributed by atoms with Gasteiger partial charge in [0.25, 0.3) is 0 Å². The molecule has 5 heteroatoms. The summed E-state index contributed by atoms with van der Waals surface area (Å²) in [7, 11) is 0. The molecule has 2 aliphatic rings. The third kappa shape index (κ3) is 1.98. The summed E-state index contributed by atoms with van der Waals surface area (Å²) in [5, 5.41) is 0. The van der Waals surface area contributed by atoms with Crippen molar-refractivity contribution < 1.29 is 22.3 Å². The van der Waals surface area contributed by atoms with E-state index in [2.05, 4.69) is 0 Å². The fraction of sp³-hybridized carbons (Fsp3) is 0.692. The summed E-state index contributed by atoms with van der Waals surface area (Å²) in [4.78, 5) is 0. The van der Waals surface area contributed by atoms with Crippen molar-refractivity contribution in [3.05, 3.63) is 23.3 Å². The van der Waals surface area contributed by atoms with Gasteiger partial charge in [0.15, 0.2) is 0 Å². The molecule has 2 atom stereocenters. The van der Waals surface area contributed by atoms with Crippen LogP contribution >= 0.6 is 0 Å². The largest absolute Gasteiger partial charge is 0.373 e. The molecule has 0 aromatic heterocycles. The van der Waals surface area contributed by atoms with E-state index in [1.165, 1.54) is 0 Å². The topological polar surface area (TPSA) is 9.23 Å². The van der Waals surface area contributed by atoms with Crippen LogP contribution in [-0.4, -0.2) is 24.6 Å². The minimum absolute atomic E-state index is 0.289. The van der Waals surface area contributed by atoms with E-state index in [0.717, 1.165) is 19.1 Å². The van der Waals surface area contributed by atoms with Gasteiger partial charge in [-0.1, -0.05) is 19.1 Å².